The van der Waals surface area contributed by atoms with Crippen LogP contribution in [-0.2, 0) is 12.8 Å². The SMILES string of the molecule is Oc1ccc(CCc2ccc(O)cc2)cc1. The van der Waals surface area contributed by atoms with Crippen molar-refractivity contribution in [3.63, 3.8) is 0 Å². The van der Waals surface area contributed by atoms with E-state index in [1.807, 2.05) is 24.3 Å². The Bertz CT molecular complexity index is 398. The Morgan fingerprint density at radius 2 is 0.875 bits per heavy atom. The number of aromatic hydroxyl groups is 2. The Kier molecular flexibility index (Phi) is 3.10. The molecule has 2 aromatic rings. The first kappa shape index (κ1) is 10.6. The van der Waals surface area contributed by atoms with Gasteiger partial charge in [0.15, 0.2) is 0 Å². The Balaban J connectivity index is 1.97. The highest BCUT2D eigenvalue weighted by molar-refractivity contribution is 5.29. The van der Waals surface area contributed by atoms with Gasteiger partial charge >= 0.3 is 0 Å². The number of hydrogen-bond donors (Lipinski definition) is 2. The maximum Gasteiger partial charge on any atom is 0.115 e. The molecular weight excluding hydrogens is 200 g/mol. The number of phenolic OH excluding ortho intramolecular Hbond substituents is 2. The van der Waals surface area contributed by atoms with Crippen molar-refractivity contribution in [3.05, 3.63) is 59.7 Å². The van der Waals surface area contributed by atoms with E-state index in [4.69, 9.17) is 10.2 Å². The van der Waals surface area contributed by atoms with Crippen molar-refractivity contribution in [1.29, 1.82) is 0 Å². The van der Waals surface area contributed by atoms with Crippen molar-refractivity contribution < 1.29 is 10.2 Å². The molecule has 2 rings (SSSR count). The topological polar surface area (TPSA) is 40.5 Å². The van der Waals surface area contributed by atoms with Gasteiger partial charge in [0.1, 0.15) is 11.5 Å². The second kappa shape index (κ2) is 4.71. The van der Waals surface area contributed by atoms with Crippen molar-refractivity contribution in [2.24, 2.45) is 0 Å². The van der Waals surface area contributed by atoms with E-state index in [1.165, 1.54) is 11.1 Å². The lowest BCUT2D eigenvalue weighted by molar-refractivity contribution is 0.474. The fraction of sp³-hybridized carbons (Fsp3) is 0.143. The molecule has 2 aromatic carbocycles. The molecule has 2 N–H and O–H groups in total. The molecular formula is C14H14O2. The normalized spacial score (nSPS) is 10.2. The van der Waals surface area contributed by atoms with Crippen LogP contribution in [0.25, 0.3) is 0 Å². The predicted molar refractivity (Wildman–Crippen MR) is 63.6 cm³/mol. The molecule has 0 aromatic heterocycles. The molecule has 0 radical (unpaired) electrons. The van der Waals surface area contributed by atoms with Crippen LogP contribution in [0.4, 0.5) is 0 Å². The van der Waals surface area contributed by atoms with Gasteiger partial charge < -0.3 is 10.2 Å². The summed E-state index contributed by atoms with van der Waals surface area (Å²) in [6.07, 6.45) is 1.87. The van der Waals surface area contributed by atoms with E-state index >= 15 is 0 Å². The van der Waals surface area contributed by atoms with Crippen LogP contribution in [0.3, 0.4) is 0 Å². The smallest absolute Gasteiger partial charge is 0.115 e. The molecule has 2 nitrogen and oxygen atoms in total. The van der Waals surface area contributed by atoms with Crippen LogP contribution in [0, 0.1) is 0 Å². The Labute approximate surface area is 94.8 Å². The second-order valence-corrected chi connectivity index (χ2v) is 3.83. The standard InChI is InChI=1S/C14H14O2/c15-13-7-3-11(4-8-13)1-2-12-5-9-14(16)10-6-12/h3-10,15-16H,1-2H2. The molecule has 16 heavy (non-hydrogen) atoms. The minimum absolute atomic E-state index is 0.299. The Morgan fingerprint density at radius 3 is 1.19 bits per heavy atom. The largest absolute Gasteiger partial charge is 0.508 e. The minimum Gasteiger partial charge on any atom is -0.508 e. The van der Waals surface area contributed by atoms with Crippen LogP contribution < -0.4 is 0 Å². The molecule has 0 saturated heterocycles. The maximum absolute atomic E-state index is 9.14. The van der Waals surface area contributed by atoms with Crippen LogP contribution in [0.15, 0.2) is 48.5 Å². The third-order valence-electron chi connectivity index (χ3n) is 2.58. The third-order valence-corrected chi connectivity index (χ3v) is 2.58. The lowest BCUT2D eigenvalue weighted by Crippen LogP contribution is -1.90. The molecule has 0 bridgehead atoms. The average Bonchev–Trinajstić information content (AvgIpc) is 2.30. The van der Waals surface area contributed by atoms with Gasteiger partial charge in [0.05, 0.1) is 0 Å². The summed E-state index contributed by atoms with van der Waals surface area (Å²) in [7, 11) is 0. The molecule has 2 heteroatoms. The van der Waals surface area contributed by atoms with Gasteiger partial charge in [0.25, 0.3) is 0 Å². The highest BCUT2D eigenvalue weighted by Gasteiger charge is 1.96. The van der Waals surface area contributed by atoms with E-state index in [0.29, 0.717) is 11.5 Å². The number of rotatable bonds is 3. The van der Waals surface area contributed by atoms with Gasteiger partial charge in [-0.3, -0.25) is 0 Å². The van der Waals surface area contributed by atoms with Gasteiger partial charge in [-0.15, -0.1) is 0 Å². The fourth-order valence-corrected chi connectivity index (χ4v) is 1.61. The highest BCUT2D eigenvalue weighted by atomic mass is 16.3. The van der Waals surface area contributed by atoms with Crippen LogP contribution in [0.2, 0.25) is 0 Å². The molecule has 0 amide bonds. The summed E-state index contributed by atoms with van der Waals surface area (Å²) in [5.74, 6) is 0.599. The molecule has 0 aliphatic rings. The number of aryl methyl sites for hydroxylation is 2. The molecule has 82 valence electrons. The minimum atomic E-state index is 0.299. The first-order valence-corrected chi connectivity index (χ1v) is 5.30. The average molecular weight is 214 g/mol. The molecule has 0 heterocycles. The summed E-state index contributed by atoms with van der Waals surface area (Å²) >= 11 is 0. The van der Waals surface area contributed by atoms with Crippen LogP contribution in [0.1, 0.15) is 11.1 Å². The van der Waals surface area contributed by atoms with E-state index in [1.54, 1.807) is 24.3 Å². The predicted octanol–water partition coefficient (Wildman–Crippen LogP) is 2.88. The summed E-state index contributed by atoms with van der Waals surface area (Å²) in [5.41, 5.74) is 2.40. The Morgan fingerprint density at radius 1 is 0.562 bits per heavy atom. The van der Waals surface area contributed by atoms with Crippen LogP contribution in [-0.4, -0.2) is 10.2 Å². The summed E-state index contributed by atoms with van der Waals surface area (Å²) in [4.78, 5) is 0. The third kappa shape index (κ3) is 2.76. The van der Waals surface area contributed by atoms with Crippen LogP contribution >= 0.6 is 0 Å². The number of phenols is 2. The van der Waals surface area contributed by atoms with E-state index in [0.717, 1.165) is 12.8 Å². The lowest BCUT2D eigenvalue weighted by Gasteiger charge is -2.02. The Hall–Kier alpha value is -1.96. The molecule has 0 aliphatic heterocycles. The molecule has 0 atom stereocenters. The van der Waals surface area contributed by atoms with E-state index < -0.39 is 0 Å². The second-order valence-electron chi connectivity index (χ2n) is 3.83. The summed E-state index contributed by atoms with van der Waals surface area (Å²) in [6, 6.07) is 14.5. The quantitative estimate of drug-likeness (QED) is 0.824. The fourth-order valence-electron chi connectivity index (χ4n) is 1.61. The zero-order valence-corrected chi connectivity index (χ0v) is 8.93. The first-order valence-electron chi connectivity index (χ1n) is 5.30. The van der Waals surface area contributed by atoms with Crippen molar-refractivity contribution in [2.45, 2.75) is 12.8 Å². The van der Waals surface area contributed by atoms with E-state index in [2.05, 4.69) is 0 Å². The van der Waals surface area contributed by atoms with Crippen molar-refractivity contribution in [2.75, 3.05) is 0 Å². The van der Waals surface area contributed by atoms with Crippen LogP contribution in [0.5, 0.6) is 11.5 Å². The zero-order chi connectivity index (χ0) is 11.4. The summed E-state index contributed by atoms with van der Waals surface area (Å²) in [5, 5.41) is 18.3. The number of benzene rings is 2. The van der Waals surface area contributed by atoms with Gasteiger partial charge in [0.2, 0.25) is 0 Å². The molecule has 0 saturated carbocycles. The van der Waals surface area contributed by atoms with E-state index in [9.17, 15) is 0 Å². The molecule has 0 spiro atoms. The molecule has 0 fully saturated rings. The highest BCUT2D eigenvalue weighted by Crippen LogP contribution is 2.14. The van der Waals surface area contributed by atoms with Crippen molar-refractivity contribution in [3.8, 4) is 11.5 Å². The lowest BCUT2D eigenvalue weighted by atomic mass is 10.0. The number of hydrogen-bond acceptors (Lipinski definition) is 2. The van der Waals surface area contributed by atoms with Gasteiger partial charge in [-0.25, -0.2) is 0 Å². The van der Waals surface area contributed by atoms with Crippen molar-refractivity contribution >= 4 is 0 Å². The molecule has 0 unspecified atom stereocenters. The summed E-state index contributed by atoms with van der Waals surface area (Å²) in [6.45, 7) is 0. The van der Waals surface area contributed by atoms with E-state index in [-0.39, 0.29) is 0 Å². The summed E-state index contributed by atoms with van der Waals surface area (Å²) < 4.78 is 0. The first-order chi connectivity index (χ1) is 7.74. The van der Waals surface area contributed by atoms with Gasteiger partial charge in [-0.2, -0.15) is 0 Å². The maximum atomic E-state index is 9.14. The van der Waals surface area contributed by atoms with Crippen molar-refractivity contribution in [1.82, 2.24) is 0 Å². The van der Waals surface area contributed by atoms with Gasteiger partial charge in [0, 0.05) is 0 Å². The zero-order valence-electron chi connectivity index (χ0n) is 8.93. The van der Waals surface area contributed by atoms with Gasteiger partial charge in [-0.1, -0.05) is 24.3 Å². The monoisotopic (exact) mass is 214 g/mol. The van der Waals surface area contributed by atoms with Gasteiger partial charge in [-0.05, 0) is 48.2 Å². The molecule has 0 aliphatic carbocycles.